The number of carbonyl (C=O) groups is 1. The van der Waals surface area contributed by atoms with Gasteiger partial charge in [-0.25, -0.2) is 0 Å². The minimum absolute atomic E-state index is 0.0367. The Morgan fingerprint density at radius 3 is 1.83 bits per heavy atom. The fraction of sp³-hybridized carbons (Fsp3) is 0.909. The first-order valence-electron chi connectivity index (χ1n) is 5.70. The minimum atomic E-state index is -1.03. The topological polar surface area (TPSA) is 100 Å². The summed E-state index contributed by atoms with van der Waals surface area (Å²) in [6, 6.07) is 0. The monoisotopic (exact) mass is 265 g/mol. The Morgan fingerprint density at radius 2 is 1.56 bits per heavy atom. The molecule has 7 nitrogen and oxygen atoms in total. The number of carboxylic acids is 1. The van der Waals surface area contributed by atoms with Gasteiger partial charge in [-0.15, -0.1) is 0 Å². The van der Waals surface area contributed by atoms with Crippen LogP contribution >= 0.6 is 0 Å². The molecule has 0 spiro atoms. The Kier molecular flexibility index (Phi) is 9.80. The van der Waals surface area contributed by atoms with Gasteiger partial charge in [0.15, 0.2) is 0 Å². The van der Waals surface area contributed by atoms with Gasteiger partial charge in [-0.1, -0.05) is 0 Å². The van der Waals surface area contributed by atoms with E-state index in [4.69, 9.17) is 24.7 Å². The lowest BCUT2D eigenvalue weighted by Crippen LogP contribution is -2.40. The number of rotatable bonds is 12. The Hall–Kier alpha value is -0.730. The van der Waals surface area contributed by atoms with Crippen LogP contribution in [0.3, 0.4) is 0 Å². The first-order valence-corrected chi connectivity index (χ1v) is 5.70. The summed E-state index contributed by atoms with van der Waals surface area (Å²) >= 11 is 0. The molecule has 0 rings (SSSR count). The van der Waals surface area contributed by atoms with Gasteiger partial charge in [-0.2, -0.15) is 0 Å². The van der Waals surface area contributed by atoms with Crippen LogP contribution in [0.1, 0.15) is 12.8 Å². The van der Waals surface area contributed by atoms with Crippen LogP contribution in [0.2, 0.25) is 0 Å². The first-order chi connectivity index (χ1) is 8.63. The second kappa shape index (κ2) is 10.2. The third kappa shape index (κ3) is 6.27. The lowest BCUT2D eigenvalue weighted by molar-refractivity contribution is -0.152. The third-order valence-corrected chi connectivity index (χ3v) is 2.70. The van der Waals surface area contributed by atoms with Crippen LogP contribution in [0.15, 0.2) is 0 Å². The van der Waals surface area contributed by atoms with Crippen LogP contribution in [0, 0.1) is 5.41 Å². The highest BCUT2D eigenvalue weighted by Crippen LogP contribution is 2.26. The standard InChI is InChI=1S/C11H23NO6/c1-15-8-17-5-3-11(7-12,10(13)14)4-6-18-9-16-2/h3-9,12H2,1-2H3,(H,13,14). The predicted molar refractivity (Wildman–Crippen MR) is 64.0 cm³/mol. The van der Waals surface area contributed by atoms with E-state index in [1.807, 2.05) is 0 Å². The van der Waals surface area contributed by atoms with Gasteiger partial charge in [0.25, 0.3) is 0 Å². The molecule has 7 heteroatoms. The summed E-state index contributed by atoms with van der Waals surface area (Å²) < 4.78 is 19.7. The predicted octanol–water partition coefficient (Wildman–Crippen LogP) is 0.0373. The van der Waals surface area contributed by atoms with Crippen molar-refractivity contribution in [1.29, 1.82) is 0 Å². The number of aliphatic carboxylic acids is 1. The molecule has 0 aromatic rings. The highest BCUT2D eigenvalue weighted by Gasteiger charge is 2.36. The van der Waals surface area contributed by atoms with E-state index in [0.29, 0.717) is 12.8 Å². The smallest absolute Gasteiger partial charge is 0.311 e. The zero-order valence-electron chi connectivity index (χ0n) is 11.0. The fourth-order valence-corrected chi connectivity index (χ4v) is 1.45. The molecule has 0 radical (unpaired) electrons. The maximum Gasteiger partial charge on any atom is 0.311 e. The lowest BCUT2D eigenvalue weighted by atomic mass is 9.82. The van der Waals surface area contributed by atoms with Gasteiger partial charge >= 0.3 is 5.97 Å². The van der Waals surface area contributed by atoms with Crippen molar-refractivity contribution in [3.8, 4) is 0 Å². The third-order valence-electron chi connectivity index (χ3n) is 2.70. The highest BCUT2D eigenvalue weighted by atomic mass is 16.7. The average molecular weight is 265 g/mol. The number of hydrogen-bond acceptors (Lipinski definition) is 6. The van der Waals surface area contributed by atoms with E-state index in [2.05, 4.69) is 0 Å². The quantitative estimate of drug-likeness (QED) is 0.379. The first kappa shape index (κ1) is 17.3. The summed E-state index contributed by atoms with van der Waals surface area (Å²) in [4.78, 5) is 11.3. The number of carboxylic acid groups (broad SMARTS) is 1. The minimum Gasteiger partial charge on any atom is -0.481 e. The molecule has 18 heavy (non-hydrogen) atoms. The van der Waals surface area contributed by atoms with Crippen LogP contribution in [-0.4, -0.2) is 58.6 Å². The summed E-state index contributed by atoms with van der Waals surface area (Å²) in [5, 5.41) is 9.28. The molecule has 0 fully saturated rings. The second-order valence-corrected chi connectivity index (χ2v) is 3.92. The number of hydrogen-bond donors (Lipinski definition) is 2. The average Bonchev–Trinajstić information content (AvgIpc) is 2.37. The molecule has 0 bridgehead atoms. The van der Waals surface area contributed by atoms with E-state index in [9.17, 15) is 9.90 Å². The van der Waals surface area contributed by atoms with Crippen molar-refractivity contribution in [2.45, 2.75) is 12.8 Å². The van der Waals surface area contributed by atoms with Crippen molar-refractivity contribution in [2.75, 3.05) is 47.6 Å². The second-order valence-electron chi connectivity index (χ2n) is 3.92. The van der Waals surface area contributed by atoms with E-state index in [0.717, 1.165) is 0 Å². The van der Waals surface area contributed by atoms with Crippen LogP contribution in [0.5, 0.6) is 0 Å². The van der Waals surface area contributed by atoms with Crippen LogP contribution < -0.4 is 5.73 Å². The molecule has 0 saturated carbocycles. The molecule has 0 heterocycles. The molecule has 0 atom stereocenters. The number of ether oxygens (including phenoxy) is 4. The zero-order valence-corrected chi connectivity index (χ0v) is 11.0. The van der Waals surface area contributed by atoms with Gasteiger partial charge in [0.1, 0.15) is 13.6 Å². The zero-order chi connectivity index (χ0) is 13.9. The van der Waals surface area contributed by atoms with E-state index < -0.39 is 11.4 Å². The number of nitrogens with two attached hydrogens (primary N) is 1. The van der Waals surface area contributed by atoms with Gasteiger partial charge in [-0.3, -0.25) is 4.79 Å². The van der Waals surface area contributed by atoms with Crippen LogP contribution in [0.25, 0.3) is 0 Å². The molecule has 108 valence electrons. The molecule has 0 unspecified atom stereocenters. The molecule has 0 aromatic carbocycles. The molecule has 0 amide bonds. The van der Waals surface area contributed by atoms with Gasteiger partial charge in [0, 0.05) is 20.8 Å². The number of methoxy groups -OCH3 is 2. The van der Waals surface area contributed by atoms with Crippen molar-refractivity contribution in [3.63, 3.8) is 0 Å². The van der Waals surface area contributed by atoms with Crippen molar-refractivity contribution in [1.82, 2.24) is 0 Å². The Balaban J connectivity index is 4.19. The lowest BCUT2D eigenvalue weighted by Gasteiger charge is -2.27. The van der Waals surface area contributed by atoms with E-state index >= 15 is 0 Å². The molecule has 0 saturated heterocycles. The largest absolute Gasteiger partial charge is 0.481 e. The SMILES string of the molecule is COCOCCC(CN)(CCOCOC)C(=O)O. The fourth-order valence-electron chi connectivity index (χ4n) is 1.45. The molecule has 0 aliphatic heterocycles. The van der Waals surface area contributed by atoms with E-state index in [1.165, 1.54) is 14.2 Å². The van der Waals surface area contributed by atoms with Gasteiger partial charge < -0.3 is 29.8 Å². The summed E-state index contributed by atoms with van der Waals surface area (Å²) in [6.45, 7) is 0.874. The molecule has 3 N–H and O–H groups in total. The summed E-state index contributed by atoms with van der Waals surface area (Å²) in [5.41, 5.74) is 4.56. The highest BCUT2D eigenvalue weighted by molar-refractivity contribution is 5.74. The van der Waals surface area contributed by atoms with Crippen LogP contribution in [0.4, 0.5) is 0 Å². The Bertz CT molecular complexity index is 212. The Morgan fingerprint density at radius 1 is 1.11 bits per heavy atom. The van der Waals surface area contributed by atoms with Gasteiger partial charge in [0.05, 0.1) is 18.6 Å². The van der Waals surface area contributed by atoms with Crippen LogP contribution in [-0.2, 0) is 23.7 Å². The molecule has 0 aliphatic rings. The summed E-state index contributed by atoms with van der Waals surface area (Å²) in [7, 11) is 3.01. The van der Waals surface area contributed by atoms with Crippen molar-refractivity contribution < 1.29 is 28.8 Å². The molecule has 0 aliphatic carbocycles. The summed E-state index contributed by atoms with van der Waals surface area (Å²) in [5.74, 6) is -0.938. The molecular weight excluding hydrogens is 242 g/mol. The van der Waals surface area contributed by atoms with E-state index in [-0.39, 0.29) is 33.3 Å². The maximum atomic E-state index is 11.3. The van der Waals surface area contributed by atoms with Crippen molar-refractivity contribution in [2.24, 2.45) is 11.1 Å². The Labute approximate surface area is 107 Å². The molecular formula is C11H23NO6. The summed E-state index contributed by atoms with van der Waals surface area (Å²) in [6.07, 6.45) is 0.636. The normalized spacial score (nSPS) is 11.7. The van der Waals surface area contributed by atoms with E-state index in [1.54, 1.807) is 0 Å². The van der Waals surface area contributed by atoms with Gasteiger partial charge in [0.2, 0.25) is 0 Å². The molecule has 0 aromatic heterocycles. The maximum absolute atomic E-state index is 11.3. The van der Waals surface area contributed by atoms with Crippen molar-refractivity contribution >= 4 is 5.97 Å². The van der Waals surface area contributed by atoms with Gasteiger partial charge in [-0.05, 0) is 12.8 Å². The van der Waals surface area contributed by atoms with Crippen molar-refractivity contribution in [3.05, 3.63) is 0 Å².